The van der Waals surface area contributed by atoms with Gasteiger partial charge in [-0.2, -0.15) is 14.9 Å². The average Bonchev–Trinajstić information content (AvgIpc) is 3.06. The Balaban J connectivity index is 1.98. The molecule has 3 aromatic rings. The minimum Gasteiger partial charge on any atom is -0.497 e. The molecule has 1 N–H and O–H groups in total. The smallest absolute Gasteiger partial charge is 0.216 e. The predicted molar refractivity (Wildman–Crippen MR) is 114 cm³/mol. The molecule has 0 aliphatic carbocycles. The van der Waals surface area contributed by atoms with Gasteiger partial charge in [-0.25, -0.2) is 5.10 Å². The van der Waals surface area contributed by atoms with Crippen molar-refractivity contribution in [2.75, 3.05) is 14.2 Å². The molecule has 0 fully saturated rings. The predicted octanol–water partition coefficient (Wildman–Crippen LogP) is 4.80. The number of benzene rings is 2. The van der Waals surface area contributed by atoms with E-state index >= 15 is 0 Å². The monoisotopic (exact) mass is 396 g/mol. The number of aromatic amines is 1. The number of H-pyrrole nitrogens is 1. The zero-order chi connectivity index (χ0) is 20.3. The van der Waals surface area contributed by atoms with E-state index in [2.05, 4.69) is 48.2 Å². The third kappa shape index (κ3) is 4.14. The molecule has 0 saturated carbocycles. The Hall–Kier alpha value is -2.93. The van der Waals surface area contributed by atoms with Gasteiger partial charge < -0.3 is 9.47 Å². The van der Waals surface area contributed by atoms with Crippen LogP contribution in [0.1, 0.15) is 31.9 Å². The highest BCUT2D eigenvalue weighted by molar-refractivity contribution is 7.71. The standard InChI is InChI=1S/C21H24N4O2S/c1-21(2,3)16-8-6-14(7-9-16)19-23-24-20(28)25(19)22-13-15-12-17(26-4)10-11-18(15)27-5/h6-13H,1-5H3,(H,24,28)/b22-13-. The van der Waals surface area contributed by atoms with Gasteiger partial charge in [0.25, 0.3) is 0 Å². The SMILES string of the molecule is COc1ccc(OC)c(/C=N\n2c(-c3ccc(C(C)(C)C)cc3)n[nH]c2=S)c1. The molecule has 0 spiro atoms. The van der Waals surface area contributed by atoms with Crippen molar-refractivity contribution in [3.05, 3.63) is 58.4 Å². The van der Waals surface area contributed by atoms with Gasteiger partial charge in [0, 0.05) is 11.1 Å². The van der Waals surface area contributed by atoms with E-state index in [1.165, 1.54) is 5.56 Å². The summed E-state index contributed by atoms with van der Waals surface area (Å²) >= 11 is 5.36. The Labute approximate surface area is 169 Å². The summed E-state index contributed by atoms with van der Waals surface area (Å²) in [4.78, 5) is 0. The van der Waals surface area contributed by atoms with Gasteiger partial charge in [-0.3, -0.25) is 0 Å². The fourth-order valence-corrected chi connectivity index (χ4v) is 2.94. The van der Waals surface area contributed by atoms with Crippen molar-refractivity contribution in [2.24, 2.45) is 5.10 Å². The lowest BCUT2D eigenvalue weighted by Crippen LogP contribution is -2.10. The van der Waals surface area contributed by atoms with Crippen LogP contribution in [0.3, 0.4) is 0 Å². The third-order valence-corrected chi connectivity index (χ3v) is 4.67. The van der Waals surface area contributed by atoms with E-state index in [-0.39, 0.29) is 5.41 Å². The molecule has 0 amide bonds. The molecule has 0 atom stereocenters. The van der Waals surface area contributed by atoms with Gasteiger partial charge in [-0.05, 0) is 41.4 Å². The van der Waals surface area contributed by atoms with Gasteiger partial charge >= 0.3 is 0 Å². The molecule has 1 aromatic heterocycles. The van der Waals surface area contributed by atoms with E-state index in [0.717, 1.165) is 16.9 Å². The van der Waals surface area contributed by atoms with Crippen LogP contribution >= 0.6 is 12.2 Å². The first-order valence-corrected chi connectivity index (χ1v) is 9.29. The maximum absolute atomic E-state index is 5.40. The van der Waals surface area contributed by atoms with Crippen molar-refractivity contribution in [3.8, 4) is 22.9 Å². The van der Waals surface area contributed by atoms with E-state index in [9.17, 15) is 0 Å². The van der Waals surface area contributed by atoms with Crippen LogP contribution in [0.4, 0.5) is 0 Å². The normalized spacial score (nSPS) is 11.8. The molecule has 6 nitrogen and oxygen atoms in total. The molecular formula is C21H24N4O2S. The molecule has 146 valence electrons. The largest absolute Gasteiger partial charge is 0.497 e. The van der Waals surface area contributed by atoms with Crippen molar-refractivity contribution in [1.82, 2.24) is 14.9 Å². The molecule has 0 aliphatic rings. The zero-order valence-corrected chi connectivity index (χ0v) is 17.5. The summed E-state index contributed by atoms with van der Waals surface area (Å²) in [6.45, 7) is 6.55. The quantitative estimate of drug-likeness (QED) is 0.497. The number of ether oxygens (including phenoxy) is 2. The molecule has 0 bridgehead atoms. The van der Waals surface area contributed by atoms with Crippen molar-refractivity contribution in [3.63, 3.8) is 0 Å². The first-order valence-electron chi connectivity index (χ1n) is 8.88. The zero-order valence-electron chi connectivity index (χ0n) is 16.7. The lowest BCUT2D eigenvalue weighted by atomic mass is 9.87. The Bertz CT molecular complexity index is 1040. The van der Waals surface area contributed by atoms with Gasteiger partial charge in [0.05, 0.1) is 20.4 Å². The van der Waals surface area contributed by atoms with Crippen molar-refractivity contribution >= 4 is 18.4 Å². The Kier molecular flexibility index (Phi) is 5.65. The average molecular weight is 397 g/mol. The van der Waals surface area contributed by atoms with E-state index in [0.29, 0.717) is 16.3 Å². The maximum Gasteiger partial charge on any atom is 0.216 e. The second-order valence-electron chi connectivity index (χ2n) is 7.34. The number of rotatable bonds is 5. The second kappa shape index (κ2) is 7.98. The summed E-state index contributed by atoms with van der Waals surface area (Å²) in [6, 6.07) is 13.8. The Morgan fingerprint density at radius 2 is 1.79 bits per heavy atom. The Morgan fingerprint density at radius 1 is 1.07 bits per heavy atom. The molecule has 0 aliphatic heterocycles. The summed E-state index contributed by atoms with van der Waals surface area (Å²) < 4.78 is 12.7. The van der Waals surface area contributed by atoms with E-state index in [1.807, 2.05) is 30.3 Å². The van der Waals surface area contributed by atoms with Crippen LogP contribution in [-0.4, -0.2) is 35.3 Å². The molecule has 7 heteroatoms. The van der Waals surface area contributed by atoms with E-state index in [4.69, 9.17) is 21.7 Å². The van der Waals surface area contributed by atoms with Crippen molar-refractivity contribution < 1.29 is 9.47 Å². The lowest BCUT2D eigenvalue weighted by molar-refractivity contribution is 0.402. The summed E-state index contributed by atoms with van der Waals surface area (Å²) in [7, 11) is 3.24. The number of hydrogen-bond acceptors (Lipinski definition) is 5. The third-order valence-electron chi connectivity index (χ3n) is 4.41. The second-order valence-corrected chi connectivity index (χ2v) is 7.73. The first-order chi connectivity index (χ1) is 13.3. The maximum atomic E-state index is 5.40. The molecular weight excluding hydrogens is 372 g/mol. The molecule has 28 heavy (non-hydrogen) atoms. The topological polar surface area (TPSA) is 64.4 Å². The summed E-state index contributed by atoms with van der Waals surface area (Å²) in [5.41, 5.74) is 3.04. The summed E-state index contributed by atoms with van der Waals surface area (Å²) in [5, 5.41) is 11.7. The number of nitrogens with zero attached hydrogens (tertiary/aromatic N) is 3. The molecule has 0 radical (unpaired) electrons. The van der Waals surface area contributed by atoms with Crippen LogP contribution in [0.2, 0.25) is 0 Å². The molecule has 1 heterocycles. The summed E-state index contributed by atoms with van der Waals surface area (Å²) in [5.74, 6) is 2.05. The van der Waals surface area contributed by atoms with Gasteiger partial charge in [0.2, 0.25) is 4.77 Å². The highest BCUT2D eigenvalue weighted by atomic mass is 32.1. The molecule has 0 saturated heterocycles. The molecule has 3 rings (SSSR count). The van der Waals surface area contributed by atoms with Crippen molar-refractivity contribution in [1.29, 1.82) is 0 Å². The molecule has 2 aromatic carbocycles. The minimum atomic E-state index is 0.0876. The lowest BCUT2D eigenvalue weighted by Gasteiger charge is -2.18. The minimum absolute atomic E-state index is 0.0876. The van der Waals surface area contributed by atoms with Gasteiger partial charge in [0.15, 0.2) is 5.82 Å². The van der Waals surface area contributed by atoms with Gasteiger partial charge in [-0.15, -0.1) is 0 Å². The van der Waals surface area contributed by atoms with Crippen LogP contribution < -0.4 is 9.47 Å². The Morgan fingerprint density at radius 3 is 2.39 bits per heavy atom. The molecule has 0 unspecified atom stereocenters. The number of hydrogen-bond donors (Lipinski definition) is 1. The first kappa shape index (κ1) is 19.8. The highest BCUT2D eigenvalue weighted by Gasteiger charge is 2.15. The van der Waals surface area contributed by atoms with E-state index in [1.54, 1.807) is 25.1 Å². The number of nitrogens with one attached hydrogen (secondary N) is 1. The van der Waals surface area contributed by atoms with Crippen LogP contribution in [0.25, 0.3) is 11.4 Å². The highest BCUT2D eigenvalue weighted by Crippen LogP contribution is 2.26. The number of aromatic nitrogens is 3. The number of methoxy groups -OCH3 is 2. The van der Waals surface area contributed by atoms with E-state index < -0.39 is 0 Å². The van der Waals surface area contributed by atoms with Gasteiger partial charge in [-0.1, -0.05) is 45.0 Å². The van der Waals surface area contributed by atoms with Crippen LogP contribution in [0, 0.1) is 4.77 Å². The van der Waals surface area contributed by atoms with Crippen molar-refractivity contribution in [2.45, 2.75) is 26.2 Å². The van der Waals surface area contributed by atoms with Crippen LogP contribution in [0.5, 0.6) is 11.5 Å². The van der Waals surface area contributed by atoms with Crippen LogP contribution in [-0.2, 0) is 5.41 Å². The summed E-state index contributed by atoms with van der Waals surface area (Å²) in [6.07, 6.45) is 1.68. The van der Waals surface area contributed by atoms with Gasteiger partial charge in [0.1, 0.15) is 11.5 Å². The fraction of sp³-hybridized carbons (Fsp3) is 0.286. The van der Waals surface area contributed by atoms with Crippen LogP contribution in [0.15, 0.2) is 47.6 Å². The fourth-order valence-electron chi connectivity index (χ4n) is 2.77.